The van der Waals surface area contributed by atoms with E-state index in [1.54, 1.807) is 16.8 Å². The van der Waals surface area contributed by atoms with E-state index in [-0.39, 0.29) is 28.4 Å². The van der Waals surface area contributed by atoms with Gasteiger partial charge in [0.25, 0.3) is 11.5 Å². The Morgan fingerprint density at radius 2 is 2.10 bits per heavy atom. The first-order chi connectivity index (χ1) is 14.3. The standard InChI is InChI=1S/C22H29N5O3/c1-5-30-11-7-10-26-18(23)16(21(28)24-13-14(2)3)12-17-20(26)25-19-15(4)8-6-9-27(19)22(17)29/h6,8-9,12,14,23H,5,7,10-11,13H2,1-4H3,(H,24,28). The predicted molar refractivity (Wildman–Crippen MR) is 116 cm³/mol. The maximum absolute atomic E-state index is 13.2. The molecule has 0 aliphatic heterocycles. The molecule has 1 amide bonds. The van der Waals surface area contributed by atoms with Crippen molar-refractivity contribution in [2.75, 3.05) is 19.8 Å². The van der Waals surface area contributed by atoms with E-state index < -0.39 is 0 Å². The lowest BCUT2D eigenvalue weighted by molar-refractivity contribution is 0.0946. The number of nitrogens with one attached hydrogen (secondary N) is 2. The first-order valence-corrected chi connectivity index (χ1v) is 10.3. The Hall–Kier alpha value is -3.00. The van der Waals surface area contributed by atoms with Crippen molar-refractivity contribution in [1.82, 2.24) is 19.3 Å². The molecule has 0 bridgehead atoms. The maximum atomic E-state index is 13.2. The highest BCUT2D eigenvalue weighted by molar-refractivity contribution is 5.96. The van der Waals surface area contributed by atoms with Gasteiger partial charge in [0, 0.05) is 32.5 Å². The highest BCUT2D eigenvalue weighted by atomic mass is 16.5. The fourth-order valence-corrected chi connectivity index (χ4v) is 3.35. The molecule has 3 rings (SSSR count). The van der Waals surface area contributed by atoms with Crippen LogP contribution in [-0.2, 0) is 11.3 Å². The molecule has 0 unspecified atom stereocenters. The van der Waals surface area contributed by atoms with Crippen LogP contribution in [0.5, 0.6) is 0 Å². The van der Waals surface area contributed by atoms with Crippen molar-refractivity contribution in [3.8, 4) is 0 Å². The second-order valence-corrected chi connectivity index (χ2v) is 7.75. The minimum absolute atomic E-state index is 0.0464. The van der Waals surface area contributed by atoms with E-state index in [0.717, 1.165) is 5.56 Å². The minimum atomic E-state index is -0.358. The minimum Gasteiger partial charge on any atom is -0.382 e. The third-order valence-corrected chi connectivity index (χ3v) is 4.92. The summed E-state index contributed by atoms with van der Waals surface area (Å²) in [5.41, 5.74) is 1.79. The zero-order chi connectivity index (χ0) is 21.8. The largest absolute Gasteiger partial charge is 0.382 e. The van der Waals surface area contributed by atoms with Gasteiger partial charge in [0.05, 0.1) is 10.9 Å². The molecule has 160 valence electrons. The van der Waals surface area contributed by atoms with Gasteiger partial charge in [0.1, 0.15) is 16.8 Å². The number of aryl methyl sites for hydroxylation is 2. The van der Waals surface area contributed by atoms with Gasteiger partial charge in [-0.1, -0.05) is 19.9 Å². The topological polar surface area (TPSA) is 101 Å². The monoisotopic (exact) mass is 411 g/mol. The van der Waals surface area contributed by atoms with Crippen LogP contribution in [0.2, 0.25) is 0 Å². The zero-order valence-electron chi connectivity index (χ0n) is 18.0. The van der Waals surface area contributed by atoms with Gasteiger partial charge < -0.3 is 14.6 Å². The average molecular weight is 412 g/mol. The van der Waals surface area contributed by atoms with E-state index in [4.69, 9.17) is 15.1 Å². The summed E-state index contributed by atoms with van der Waals surface area (Å²) in [6.07, 6.45) is 2.31. The van der Waals surface area contributed by atoms with Crippen molar-refractivity contribution < 1.29 is 9.53 Å². The number of hydrogen-bond acceptors (Lipinski definition) is 5. The van der Waals surface area contributed by atoms with Gasteiger partial charge in [-0.3, -0.25) is 19.4 Å². The van der Waals surface area contributed by atoms with E-state index in [0.29, 0.717) is 49.4 Å². The Morgan fingerprint density at radius 1 is 1.33 bits per heavy atom. The molecule has 0 aromatic carbocycles. The Morgan fingerprint density at radius 3 is 2.80 bits per heavy atom. The fraction of sp³-hybridized carbons (Fsp3) is 0.455. The summed E-state index contributed by atoms with van der Waals surface area (Å²) < 4.78 is 8.56. The molecule has 0 saturated heterocycles. The lowest BCUT2D eigenvalue weighted by Crippen LogP contribution is -2.36. The van der Waals surface area contributed by atoms with Crippen LogP contribution >= 0.6 is 0 Å². The van der Waals surface area contributed by atoms with Crippen molar-refractivity contribution in [1.29, 1.82) is 5.41 Å². The number of hydrogen-bond donors (Lipinski definition) is 2. The van der Waals surface area contributed by atoms with E-state index in [9.17, 15) is 9.59 Å². The van der Waals surface area contributed by atoms with Crippen LogP contribution in [-0.4, -0.2) is 39.6 Å². The van der Waals surface area contributed by atoms with E-state index in [2.05, 4.69) is 5.32 Å². The van der Waals surface area contributed by atoms with Crippen LogP contribution < -0.4 is 16.4 Å². The molecule has 0 aliphatic rings. The maximum Gasteiger partial charge on any atom is 0.267 e. The number of ether oxygens (including phenoxy) is 1. The second-order valence-electron chi connectivity index (χ2n) is 7.75. The molecule has 2 N–H and O–H groups in total. The summed E-state index contributed by atoms with van der Waals surface area (Å²) in [6, 6.07) is 5.18. The number of nitrogens with zero attached hydrogens (tertiary/aromatic N) is 3. The molecule has 3 aromatic rings. The molecule has 8 nitrogen and oxygen atoms in total. The molecule has 0 atom stereocenters. The van der Waals surface area contributed by atoms with Gasteiger partial charge in [-0.25, -0.2) is 4.98 Å². The molecule has 0 aliphatic carbocycles. The van der Waals surface area contributed by atoms with E-state index in [1.807, 2.05) is 33.8 Å². The molecule has 0 spiro atoms. The van der Waals surface area contributed by atoms with Gasteiger partial charge in [0.15, 0.2) is 0 Å². The van der Waals surface area contributed by atoms with Crippen LogP contribution in [0.15, 0.2) is 29.2 Å². The quantitative estimate of drug-likeness (QED) is 0.438. The highest BCUT2D eigenvalue weighted by Crippen LogP contribution is 2.13. The number of pyridine rings is 2. The lowest BCUT2D eigenvalue weighted by atomic mass is 10.1. The average Bonchev–Trinajstić information content (AvgIpc) is 2.71. The Kier molecular flexibility index (Phi) is 6.66. The number of aromatic nitrogens is 3. The van der Waals surface area contributed by atoms with Gasteiger partial charge >= 0.3 is 0 Å². The molecule has 8 heteroatoms. The van der Waals surface area contributed by atoms with Crippen molar-refractivity contribution in [2.24, 2.45) is 5.92 Å². The van der Waals surface area contributed by atoms with Crippen LogP contribution in [0.4, 0.5) is 0 Å². The Balaban J connectivity index is 2.23. The lowest BCUT2D eigenvalue weighted by Gasteiger charge is -2.15. The highest BCUT2D eigenvalue weighted by Gasteiger charge is 2.18. The van der Waals surface area contributed by atoms with Gasteiger partial charge in [-0.2, -0.15) is 0 Å². The zero-order valence-corrected chi connectivity index (χ0v) is 18.0. The van der Waals surface area contributed by atoms with Gasteiger partial charge in [-0.15, -0.1) is 0 Å². The van der Waals surface area contributed by atoms with Gasteiger partial charge in [0.2, 0.25) is 0 Å². The molecule has 30 heavy (non-hydrogen) atoms. The first-order valence-electron chi connectivity index (χ1n) is 10.3. The van der Waals surface area contributed by atoms with Crippen molar-refractivity contribution >= 4 is 22.6 Å². The van der Waals surface area contributed by atoms with Gasteiger partial charge in [-0.05, 0) is 43.9 Å². The van der Waals surface area contributed by atoms with Crippen LogP contribution in [0.3, 0.4) is 0 Å². The summed E-state index contributed by atoms with van der Waals surface area (Å²) in [5.74, 6) is -0.0796. The summed E-state index contributed by atoms with van der Waals surface area (Å²) in [5, 5.41) is 11.8. The van der Waals surface area contributed by atoms with Crippen molar-refractivity contribution in [3.05, 3.63) is 51.4 Å². The number of fused-ring (bicyclic) bond motifs is 2. The normalized spacial score (nSPS) is 11.5. The number of amides is 1. The number of carbonyl (C=O) groups excluding carboxylic acids is 1. The van der Waals surface area contributed by atoms with Crippen LogP contribution in [0.1, 0.15) is 43.1 Å². The molecule has 0 fully saturated rings. The van der Waals surface area contributed by atoms with Crippen LogP contribution in [0, 0.1) is 18.3 Å². The molecule has 0 radical (unpaired) electrons. The Labute approximate surface area is 175 Å². The van der Waals surface area contributed by atoms with E-state index >= 15 is 0 Å². The molecular weight excluding hydrogens is 382 g/mol. The molecule has 0 saturated carbocycles. The summed E-state index contributed by atoms with van der Waals surface area (Å²) in [4.78, 5) is 30.7. The first kappa shape index (κ1) is 21.7. The Bertz CT molecular complexity index is 1190. The molecule has 3 heterocycles. The molecule has 3 aromatic heterocycles. The third kappa shape index (κ3) is 4.28. The summed E-state index contributed by atoms with van der Waals surface area (Å²) >= 11 is 0. The number of rotatable bonds is 8. The van der Waals surface area contributed by atoms with Crippen LogP contribution in [0.25, 0.3) is 16.7 Å². The number of carbonyl (C=O) groups is 1. The summed E-state index contributed by atoms with van der Waals surface area (Å²) in [7, 11) is 0. The van der Waals surface area contributed by atoms with Crippen molar-refractivity contribution in [3.63, 3.8) is 0 Å². The van der Waals surface area contributed by atoms with Crippen molar-refractivity contribution in [2.45, 2.75) is 40.7 Å². The third-order valence-electron chi connectivity index (χ3n) is 4.92. The SMILES string of the molecule is CCOCCCn1c(=N)c(C(=O)NCC(C)C)cc2c(=O)n3cccc(C)c3nc21. The summed E-state index contributed by atoms with van der Waals surface area (Å²) in [6.45, 7) is 9.88. The smallest absolute Gasteiger partial charge is 0.267 e. The van der Waals surface area contributed by atoms with E-state index in [1.165, 1.54) is 10.5 Å². The molecular formula is C22H29N5O3. The second kappa shape index (κ2) is 9.21. The fourth-order valence-electron chi connectivity index (χ4n) is 3.35. The predicted octanol–water partition coefficient (Wildman–Crippen LogP) is 2.25.